The summed E-state index contributed by atoms with van der Waals surface area (Å²) in [5.41, 5.74) is 0.729. The molecule has 0 amide bonds. The van der Waals surface area contributed by atoms with Gasteiger partial charge in [-0.25, -0.2) is 0 Å². The topological polar surface area (TPSA) is 59.5 Å². The lowest BCUT2D eigenvalue weighted by Gasteiger charge is -2.16. The van der Waals surface area contributed by atoms with Gasteiger partial charge in [0, 0.05) is 30.8 Å². The summed E-state index contributed by atoms with van der Waals surface area (Å²) in [7, 11) is 0. The molecule has 0 radical (unpaired) electrons. The Morgan fingerprint density at radius 3 is 2.71 bits per heavy atom. The van der Waals surface area contributed by atoms with Crippen LogP contribution in [-0.4, -0.2) is 27.9 Å². The van der Waals surface area contributed by atoms with Crippen molar-refractivity contribution in [3.63, 3.8) is 0 Å². The van der Waals surface area contributed by atoms with Gasteiger partial charge >= 0.3 is 0 Å². The summed E-state index contributed by atoms with van der Waals surface area (Å²) in [5, 5.41) is 10.8. The number of thiocarbonyl (C=S) groups is 1. The molecule has 0 aliphatic carbocycles. The molecule has 1 aromatic carbocycles. The quantitative estimate of drug-likeness (QED) is 0.492. The minimum atomic E-state index is -0.414. The maximum atomic E-state index is 10.8. The molecule has 5 nitrogen and oxygen atoms in total. The summed E-state index contributed by atoms with van der Waals surface area (Å²) >= 11 is 5.43. The average Bonchev–Trinajstić information content (AvgIpc) is 3.18. The Balaban J connectivity index is 1.86. The lowest BCUT2D eigenvalue weighted by atomic mass is 10.1. The highest BCUT2D eigenvalue weighted by Crippen LogP contribution is 2.27. The smallest absolute Gasteiger partial charge is 0.270 e. The summed E-state index contributed by atoms with van der Waals surface area (Å²) in [6, 6.07) is 10.0. The van der Waals surface area contributed by atoms with Crippen LogP contribution in [0.5, 0.6) is 0 Å². The van der Waals surface area contributed by atoms with Crippen molar-refractivity contribution in [1.29, 1.82) is 0 Å². The summed E-state index contributed by atoms with van der Waals surface area (Å²) in [6.07, 6.45) is 2.30. The fourth-order valence-electron chi connectivity index (χ4n) is 2.46. The number of hydrogen-bond donors (Lipinski definition) is 0. The second-order valence-electron chi connectivity index (χ2n) is 4.97. The Morgan fingerprint density at radius 1 is 1.24 bits per heavy atom. The first kappa shape index (κ1) is 13.8. The number of rotatable bonds is 3. The molecule has 0 spiro atoms. The van der Waals surface area contributed by atoms with Crippen molar-refractivity contribution < 1.29 is 9.34 Å². The number of furan rings is 1. The van der Waals surface area contributed by atoms with Crippen LogP contribution in [0.1, 0.15) is 18.6 Å². The van der Waals surface area contributed by atoms with Crippen LogP contribution in [0.3, 0.4) is 0 Å². The molecule has 0 atom stereocenters. The summed E-state index contributed by atoms with van der Waals surface area (Å²) in [5.74, 6) is 1.24. The van der Waals surface area contributed by atoms with Crippen molar-refractivity contribution in [3.05, 3.63) is 52.3 Å². The van der Waals surface area contributed by atoms with Gasteiger partial charge in [-0.15, -0.1) is 0 Å². The first-order chi connectivity index (χ1) is 10.1. The van der Waals surface area contributed by atoms with Gasteiger partial charge in [-0.05, 0) is 25.0 Å². The molecule has 1 fully saturated rings. The molecule has 21 heavy (non-hydrogen) atoms. The van der Waals surface area contributed by atoms with E-state index in [1.165, 1.54) is 12.1 Å². The SMILES string of the molecule is O=[N+]([O-])c1cccc(-c2ccc(C(=S)N3CCCC3)o2)c1. The van der Waals surface area contributed by atoms with Gasteiger partial charge in [-0.2, -0.15) is 0 Å². The first-order valence-corrected chi connectivity index (χ1v) is 7.20. The van der Waals surface area contributed by atoms with Crippen LogP contribution in [-0.2, 0) is 0 Å². The molecule has 0 unspecified atom stereocenters. The van der Waals surface area contributed by atoms with E-state index in [0.717, 1.165) is 25.9 Å². The summed E-state index contributed by atoms with van der Waals surface area (Å²) in [6.45, 7) is 1.93. The normalized spacial score (nSPS) is 14.4. The molecule has 1 aromatic heterocycles. The standard InChI is InChI=1S/C15H14N2O3S/c18-17(19)12-5-3-4-11(10-12)13-6-7-14(20-13)15(21)16-8-1-2-9-16/h3-7,10H,1-2,8-9H2. The molecule has 1 aliphatic heterocycles. The Labute approximate surface area is 127 Å². The van der Waals surface area contributed by atoms with Gasteiger partial charge < -0.3 is 9.32 Å². The third kappa shape index (κ3) is 2.80. The maximum absolute atomic E-state index is 10.8. The molecule has 2 heterocycles. The second-order valence-corrected chi connectivity index (χ2v) is 5.36. The van der Waals surface area contributed by atoms with Crippen molar-refractivity contribution >= 4 is 22.9 Å². The fourth-order valence-corrected chi connectivity index (χ4v) is 2.75. The molecule has 108 valence electrons. The van der Waals surface area contributed by atoms with Crippen LogP contribution in [0.25, 0.3) is 11.3 Å². The minimum Gasteiger partial charge on any atom is -0.454 e. The number of nitrogens with zero attached hydrogens (tertiary/aromatic N) is 2. The summed E-state index contributed by atoms with van der Waals surface area (Å²) in [4.78, 5) is 13.2. The van der Waals surface area contributed by atoms with Crippen molar-refractivity contribution in [2.24, 2.45) is 0 Å². The van der Waals surface area contributed by atoms with E-state index in [1.54, 1.807) is 18.2 Å². The molecule has 1 saturated heterocycles. The lowest BCUT2D eigenvalue weighted by Crippen LogP contribution is -2.26. The Kier molecular flexibility index (Phi) is 3.70. The number of nitro benzene ring substituents is 1. The van der Waals surface area contributed by atoms with Gasteiger partial charge in [-0.3, -0.25) is 10.1 Å². The van der Waals surface area contributed by atoms with Crippen molar-refractivity contribution in [1.82, 2.24) is 4.90 Å². The highest BCUT2D eigenvalue weighted by molar-refractivity contribution is 7.80. The third-order valence-electron chi connectivity index (χ3n) is 3.55. The fraction of sp³-hybridized carbons (Fsp3) is 0.267. The lowest BCUT2D eigenvalue weighted by molar-refractivity contribution is -0.384. The molecule has 0 saturated carbocycles. The van der Waals surface area contributed by atoms with Gasteiger partial charge in [-0.1, -0.05) is 24.4 Å². The highest BCUT2D eigenvalue weighted by atomic mass is 32.1. The van der Waals surface area contributed by atoms with Crippen LogP contribution in [0.2, 0.25) is 0 Å². The van der Waals surface area contributed by atoms with Gasteiger partial charge in [0.25, 0.3) is 5.69 Å². The van der Waals surface area contributed by atoms with Crippen LogP contribution in [0.15, 0.2) is 40.8 Å². The molecule has 2 aromatic rings. The van der Waals surface area contributed by atoms with E-state index in [4.69, 9.17) is 16.6 Å². The zero-order valence-corrected chi connectivity index (χ0v) is 12.1. The van der Waals surface area contributed by atoms with Crippen molar-refractivity contribution in [2.75, 3.05) is 13.1 Å². The Morgan fingerprint density at radius 2 is 2.00 bits per heavy atom. The number of benzene rings is 1. The van der Waals surface area contributed by atoms with E-state index in [1.807, 2.05) is 6.07 Å². The van der Waals surface area contributed by atoms with Crippen LogP contribution in [0, 0.1) is 10.1 Å². The van der Waals surface area contributed by atoms with E-state index < -0.39 is 4.92 Å². The van der Waals surface area contributed by atoms with Crippen molar-refractivity contribution in [3.8, 4) is 11.3 Å². The number of non-ortho nitro benzene ring substituents is 1. The minimum absolute atomic E-state index is 0.0487. The van der Waals surface area contributed by atoms with E-state index in [0.29, 0.717) is 22.1 Å². The molecule has 0 N–H and O–H groups in total. The number of likely N-dealkylation sites (tertiary alicyclic amines) is 1. The van der Waals surface area contributed by atoms with Crippen LogP contribution >= 0.6 is 12.2 Å². The molecule has 6 heteroatoms. The molecular formula is C15H14N2O3S. The van der Waals surface area contributed by atoms with E-state index in [9.17, 15) is 10.1 Å². The first-order valence-electron chi connectivity index (χ1n) is 6.79. The average molecular weight is 302 g/mol. The number of nitro groups is 1. The Bertz CT molecular complexity index is 690. The monoisotopic (exact) mass is 302 g/mol. The second kappa shape index (κ2) is 5.65. The van der Waals surface area contributed by atoms with E-state index >= 15 is 0 Å². The number of hydrogen-bond acceptors (Lipinski definition) is 4. The highest BCUT2D eigenvalue weighted by Gasteiger charge is 2.19. The van der Waals surface area contributed by atoms with Gasteiger partial charge in [0.05, 0.1) is 4.92 Å². The molecule has 3 rings (SSSR count). The van der Waals surface area contributed by atoms with E-state index in [-0.39, 0.29) is 5.69 Å². The summed E-state index contributed by atoms with van der Waals surface area (Å²) < 4.78 is 5.77. The predicted octanol–water partition coefficient (Wildman–Crippen LogP) is 3.63. The van der Waals surface area contributed by atoms with Crippen LogP contribution in [0.4, 0.5) is 5.69 Å². The van der Waals surface area contributed by atoms with Crippen molar-refractivity contribution in [2.45, 2.75) is 12.8 Å². The largest absolute Gasteiger partial charge is 0.454 e. The predicted molar refractivity (Wildman–Crippen MR) is 83.3 cm³/mol. The maximum Gasteiger partial charge on any atom is 0.270 e. The van der Waals surface area contributed by atoms with Gasteiger partial charge in [0.2, 0.25) is 0 Å². The zero-order chi connectivity index (χ0) is 14.8. The molecule has 0 bridgehead atoms. The van der Waals surface area contributed by atoms with Crippen LogP contribution < -0.4 is 0 Å². The Hall–Kier alpha value is -2.21. The third-order valence-corrected chi connectivity index (χ3v) is 4.01. The van der Waals surface area contributed by atoms with Gasteiger partial charge in [0.15, 0.2) is 5.76 Å². The van der Waals surface area contributed by atoms with Gasteiger partial charge in [0.1, 0.15) is 10.7 Å². The van der Waals surface area contributed by atoms with E-state index in [2.05, 4.69) is 4.90 Å². The molecule has 1 aliphatic rings. The molecular weight excluding hydrogens is 288 g/mol. The zero-order valence-electron chi connectivity index (χ0n) is 11.3.